The Balaban J connectivity index is 0.857. The molecule has 0 radical (unpaired) electrons. The van der Waals surface area contributed by atoms with E-state index in [9.17, 15) is 33.6 Å². The van der Waals surface area contributed by atoms with Crippen molar-refractivity contribution in [2.75, 3.05) is 22.6 Å². The molecule has 6 fully saturated rings. The molecule has 8 N–H and O–H groups in total. The summed E-state index contributed by atoms with van der Waals surface area (Å²) >= 11 is 0. The van der Waals surface area contributed by atoms with Gasteiger partial charge < -0.3 is 46.2 Å². The normalized spacial score (nSPS) is 28.8. The minimum atomic E-state index is -1.15. The van der Waals surface area contributed by atoms with Crippen molar-refractivity contribution >= 4 is 88.1 Å². The van der Waals surface area contributed by atoms with E-state index in [1.807, 2.05) is 141 Å². The van der Waals surface area contributed by atoms with Gasteiger partial charge >= 0.3 is 5.97 Å². The summed E-state index contributed by atoms with van der Waals surface area (Å²) in [5, 5.41) is 24.5. The quantitative estimate of drug-likeness (QED) is 0.0119. The van der Waals surface area contributed by atoms with E-state index in [0.29, 0.717) is 122 Å². The number of nitrogens with zero attached hydrogens (tertiary/aromatic N) is 4. The molecule has 11 unspecified atom stereocenters. The van der Waals surface area contributed by atoms with E-state index in [0.717, 1.165) is 121 Å². The fraction of sp³-hybridized carbons (Fsp3) is 0.410. The Morgan fingerprint density at radius 1 is 0.602 bits per heavy atom. The molecule has 20 heteroatoms. The van der Waals surface area contributed by atoms with Crippen LogP contribution >= 0.6 is 0 Å². The lowest BCUT2D eigenvalue weighted by Gasteiger charge is -2.34. The van der Waals surface area contributed by atoms with Gasteiger partial charge in [-0.2, -0.15) is 0 Å². The van der Waals surface area contributed by atoms with Crippen LogP contribution in [0.4, 0.5) is 17.1 Å². The average Bonchev–Trinajstić information content (AvgIpc) is 1.58. The zero-order valence-electron chi connectivity index (χ0n) is 55.2. The average molecular weight is 1320 g/mol. The van der Waals surface area contributed by atoms with Crippen molar-refractivity contribution in [3.63, 3.8) is 0 Å². The summed E-state index contributed by atoms with van der Waals surface area (Å²) in [4.78, 5) is 114. The van der Waals surface area contributed by atoms with Crippen molar-refractivity contribution in [3.8, 4) is 0 Å². The van der Waals surface area contributed by atoms with Crippen LogP contribution < -0.4 is 47.9 Å². The molecule has 6 aliphatic carbocycles. The maximum Gasteiger partial charge on any atom is 0.305 e. The Morgan fingerprint density at radius 3 is 1.63 bits per heavy atom. The molecule has 2 aromatic heterocycles. The summed E-state index contributed by atoms with van der Waals surface area (Å²) in [6.07, 6.45) is 34.0. The lowest BCUT2D eigenvalue weighted by atomic mass is 9.81. The van der Waals surface area contributed by atoms with Crippen molar-refractivity contribution in [2.45, 2.75) is 157 Å². The lowest BCUT2D eigenvalue weighted by molar-refractivity contribution is -0.145. The van der Waals surface area contributed by atoms with Crippen LogP contribution in [0.25, 0.3) is 16.7 Å². The molecule has 98 heavy (non-hydrogen) atoms. The van der Waals surface area contributed by atoms with Gasteiger partial charge in [0, 0.05) is 86.5 Å². The van der Waals surface area contributed by atoms with E-state index in [4.69, 9.17) is 14.7 Å². The number of imidazole rings is 1. The highest BCUT2D eigenvalue weighted by molar-refractivity contribution is 6.33. The lowest BCUT2D eigenvalue weighted by Crippen LogP contribution is -2.51. The second-order valence-electron chi connectivity index (χ2n) is 29.0. The van der Waals surface area contributed by atoms with Crippen LogP contribution in [-0.4, -0.2) is 104 Å². The minimum Gasteiger partial charge on any atom is -0.463 e. The number of rotatable bonds is 25. The predicted molar refractivity (Wildman–Crippen MR) is 375 cm³/mol. The van der Waals surface area contributed by atoms with Gasteiger partial charge in [-0.15, -0.1) is 0 Å². The highest BCUT2D eigenvalue weighted by atomic mass is 16.5. The number of anilines is 3. The molecule has 504 valence electrons. The number of carbonyl (C=O) groups is 7. The van der Waals surface area contributed by atoms with E-state index in [-0.39, 0.29) is 36.7 Å². The first kappa shape index (κ1) is 64.2. The van der Waals surface area contributed by atoms with Crippen molar-refractivity contribution in [1.82, 2.24) is 35.8 Å². The number of allylic oxidation sites excluding steroid dienone is 4. The van der Waals surface area contributed by atoms with Gasteiger partial charge in [-0.25, -0.2) is 15.0 Å². The van der Waals surface area contributed by atoms with Gasteiger partial charge in [-0.3, -0.25) is 38.9 Å². The first-order valence-corrected chi connectivity index (χ1v) is 35.2. The van der Waals surface area contributed by atoms with Gasteiger partial charge in [0.25, 0.3) is 0 Å². The zero-order valence-corrected chi connectivity index (χ0v) is 55.2. The first-order valence-electron chi connectivity index (χ1n) is 35.2. The number of aliphatic imine (C=N–C) groups is 2. The number of para-hydroxylation sites is 3. The molecular weight excluding hydrogens is 1230 g/mol. The predicted octanol–water partition coefficient (Wildman–Crippen LogP) is 8.83. The topological polar surface area (TPSA) is 271 Å². The number of aromatic amines is 1. The summed E-state index contributed by atoms with van der Waals surface area (Å²) in [5.41, 5.74) is 4.99. The largest absolute Gasteiger partial charge is 0.463 e. The molecule has 6 amide bonds. The highest BCUT2D eigenvalue weighted by Gasteiger charge is 2.57. The number of aryl methyl sites for hydroxylation is 2. The van der Waals surface area contributed by atoms with E-state index in [1.54, 1.807) is 0 Å². The number of hydrogen-bond acceptors (Lipinski definition) is 12. The number of carbonyl (C=O) groups excluding carboxylic acids is 7. The monoisotopic (exact) mass is 1320 g/mol. The molecule has 6 saturated carbocycles. The molecule has 20 nitrogen and oxygen atoms in total. The van der Waals surface area contributed by atoms with Gasteiger partial charge in [0.2, 0.25) is 37.0 Å². The molecule has 15 rings (SSSR count). The number of esters is 1. The molecule has 10 aliphatic rings. The third kappa shape index (κ3) is 12.1. The number of ether oxygens (including phenoxy) is 1. The Labute approximate surface area is 569 Å². The van der Waals surface area contributed by atoms with Crippen molar-refractivity contribution in [3.05, 3.63) is 184 Å². The molecule has 0 spiro atoms. The number of nitrogens with one attached hydrogen (secondary N) is 8. The summed E-state index contributed by atoms with van der Waals surface area (Å²) in [6.45, 7) is 2.82. The van der Waals surface area contributed by atoms with Gasteiger partial charge in [0.1, 0.15) is 12.4 Å². The number of H-pyrrole nitrogens is 1. The molecule has 4 aliphatic heterocycles. The third-order valence-electron chi connectivity index (χ3n) is 23.3. The molecule has 0 saturated heterocycles. The summed E-state index contributed by atoms with van der Waals surface area (Å²) in [7, 11) is 0. The molecule has 6 heterocycles. The molecule has 11 atom stereocenters. The molecule has 14 bridgehead atoms. The Morgan fingerprint density at radius 2 is 1.10 bits per heavy atom. The van der Waals surface area contributed by atoms with Crippen LogP contribution in [-0.2, 0) is 44.8 Å². The number of hydrogen-bond donors (Lipinski definition) is 8. The third-order valence-corrected chi connectivity index (χ3v) is 23.3. The van der Waals surface area contributed by atoms with Crippen LogP contribution in [0.15, 0.2) is 161 Å². The number of aromatic nitrogens is 3. The smallest absolute Gasteiger partial charge is 0.305 e. The first-order chi connectivity index (χ1) is 47.8. The van der Waals surface area contributed by atoms with Crippen LogP contribution in [0.2, 0.25) is 0 Å². The number of benzene rings is 3. The SMILES string of the molecule is Cc1nccn1CCCCCCCC(=O)OCC12C=CC(N1)C(c1ccccc1NC(=O)C1CC3CCC1(NC=O)C3)=C1C=CC(=N1)C(c1ccccc1NC(=O)C1CC3CCC1(NC=O)C3)=c1ccc([nH]1)=C(c1ccccc1NC(=O)C1CC3CCC1(NC=O)C3)C1=NC(=C2)C=C1. The van der Waals surface area contributed by atoms with E-state index in [1.165, 1.54) is 0 Å². The highest BCUT2D eigenvalue weighted by Crippen LogP contribution is 2.54. The Hall–Kier alpha value is -9.82. The van der Waals surface area contributed by atoms with Crippen LogP contribution in [0.5, 0.6) is 0 Å². The molecular formula is C78H84N12O8. The number of amides is 6. The number of fused-ring (bicyclic) bond motifs is 12. The maximum absolute atomic E-state index is 14.9. The fourth-order valence-electron chi connectivity index (χ4n) is 18.5. The van der Waals surface area contributed by atoms with E-state index >= 15 is 0 Å². The Kier molecular flexibility index (Phi) is 17.4. The summed E-state index contributed by atoms with van der Waals surface area (Å²) in [5.74, 6) is -0.199. The second kappa shape index (κ2) is 26.5. The van der Waals surface area contributed by atoms with E-state index < -0.39 is 46.0 Å². The Bertz CT molecular complexity index is 4440. The van der Waals surface area contributed by atoms with E-state index in [2.05, 4.69) is 57.8 Å². The molecule has 3 aromatic carbocycles. The standard InChI is InChI=1S/C78H84N12O8/c1-48-79-34-36-90(48)35-12-4-2-3-5-19-68(94)98-44-75-30-29-67(89-75)71(55-15-8-11-18-61(55)88-74(97)58-39-51-28-33-78(58,42-51)82-47-93)66-25-24-65(85-66)70(54-14-7-10-17-60(54)87-73(96)57-38-50-27-32-77(57,41-50)81-46-92)64-23-22-63(84-64)69(62-21-20-52(43-75)83-62)53-13-6-9-16-59(53)86-72(95)56-37-49-26-31-76(56,40-49)80-45-91/h6-11,13-18,20-25,29-30,34,36,43,45-47,49-51,56-58,67,84,89H,2-5,12,19,26-28,31-33,35,37-42,44H2,1H3,(H,80,91)(H,81,92)(H,82,93)(H,86,95)(H,87,96)(H,88,97). The van der Waals surface area contributed by atoms with Crippen LogP contribution in [0.3, 0.4) is 0 Å². The van der Waals surface area contributed by atoms with Gasteiger partial charge in [-0.1, -0.05) is 86.0 Å². The summed E-state index contributed by atoms with van der Waals surface area (Å²) in [6, 6.07) is 26.4. The fourth-order valence-corrected chi connectivity index (χ4v) is 18.5. The van der Waals surface area contributed by atoms with Gasteiger partial charge in [0.15, 0.2) is 0 Å². The van der Waals surface area contributed by atoms with Crippen LogP contribution in [0.1, 0.15) is 138 Å². The van der Waals surface area contributed by atoms with Crippen molar-refractivity contribution < 1.29 is 38.3 Å². The van der Waals surface area contributed by atoms with Crippen molar-refractivity contribution in [2.24, 2.45) is 45.5 Å². The number of unbranched alkanes of at least 4 members (excludes halogenated alkanes) is 4. The maximum atomic E-state index is 14.9. The molecule has 5 aromatic rings. The van der Waals surface area contributed by atoms with Gasteiger partial charge in [0.05, 0.1) is 68.8 Å². The van der Waals surface area contributed by atoms with Gasteiger partial charge in [-0.05, 0) is 175 Å². The second-order valence-corrected chi connectivity index (χ2v) is 29.0. The van der Waals surface area contributed by atoms with Crippen molar-refractivity contribution in [1.29, 1.82) is 0 Å². The summed E-state index contributed by atoms with van der Waals surface area (Å²) < 4.78 is 8.51. The van der Waals surface area contributed by atoms with Crippen LogP contribution in [0, 0.1) is 42.4 Å². The minimum absolute atomic E-state index is 0.0898. The zero-order chi connectivity index (χ0) is 67.2.